The topological polar surface area (TPSA) is 67.4 Å². The number of rotatable bonds is 3. The van der Waals surface area contributed by atoms with E-state index in [4.69, 9.17) is 35.4 Å². The van der Waals surface area contributed by atoms with Crippen LogP contribution in [0.25, 0.3) is 0 Å². The Morgan fingerprint density at radius 2 is 1.67 bits per heavy atom. The van der Waals surface area contributed by atoms with Gasteiger partial charge in [0.25, 0.3) is 5.91 Å². The first-order valence-electron chi connectivity index (χ1n) is 6.66. The van der Waals surface area contributed by atoms with Gasteiger partial charge in [0.15, 0.2) is 5.11 Å². The van der Waals surface area contributed by atoms with Crippen molar-refractivity contribution in [2.24, 2.45) is 0 Å². The third-order valence-corrected chi connectivity index (χ3v) is 3.73. The number of anilines is 1. The van der Waals surface area contributed by atoms with Crippen molar-refractivity contribution in [3.63, 3.8) is 0 Å². The molecule has 0 unspecified atom stereocenters. The number of hydrogen-bond donors (Lipinski definition) is 2. The molecule has 0 aliphatic heterocycles. The molecule has 24 heavy (non-hydrogen) atoms. The first kappa shape index (κ1) is 18.2. The normalized spacial score (nSPS) is 9.96. The highest BCUT2D eigenvalue weighted by molar-refractivity contribution is 7.80. The van der Waals surface area contributed by atoms with Crippen molar-refractivity contribution < 1.29 is 14.3 Å². The van der Waals surface area contributed by atoms with Gasteiger partial charge in [-0.25, -0.2) is 4.79 Å². The van der Waals surface area contributed by atoms with Crippen molar-refractivity contribution >= 4 is 58.1 Å². The van der Waals surface area contributed by atoms with Crippen LogP contribution in [-0.2, 0) is 4.74 Å². The molecule has 2 N–H and O–H groups in total. The summed E-state index contributed by atoms with van der Waals surface area (Å²) in [5.74, 6) is -0.898. The molecule has 8 heteroatoms. The fourth-order valence-corrected chi connectivity index (χ4v) is 2.45. The standard InChI is InChI=1S/C16H12Cl2N2O3S/c1-23-15(22)10-4-2-9(3-5-10)14(21)20-16(24)19-13-7-6-11(17)8-12(13)18/h2-8H,1H3,(H2,19,20,21,24). The van der Waals surface area contributed by atoms with E-state index >= 15 is 0 Å². The number of halogens is 2. The minimum atomic E-state index is -0.475. The lowest BCUT2D eigenvalue weighted by Gasteiger charge is -2.11. The molecule has 5 nitrogen and oxygen atoms in total. The Morgan fingerprint density at radius 1 is 1.04 bits per heavy atom. The van der Waals surface area contributed by atoms with Crippen LogP contribution < -0.4 is 10.6 Å². The van der Waals surface area contributed by atoms with Crippen molar-refractivity contribution in [3.8, 4) is 0 Å². The Hall–Kier alpha value is -2.15. The molecule has 0 heterocycles. The molecule has 0 atom stereocenters. The maximum Gasteiger partial charge on any atom is 0.337 e. The molecule has 0 radical (unpaired) electrons. The summed E-state index contributed by atoms with van der Waals surface area (Å²) in [6.45, 7) is 0. The first-order valence-corrected chi connectivity index (χ1v) is 7.83. The lowest BCUT2D eigenvalue weighted by Crippen LogP contribution is -2.34. The van der Waals surface area contributed by atoms with Gasteiger partial charge in [-0.3, -0.25) is 10.1 Å². The number of nitrogens with one attached hydrogen (secondary N) is 2. The summed E-state index contributed by atoms with van der Waals surface area (Å²) in [6, 6.07) is 10.8. The largest absolute Gasteiger partial charge is 0.465 e. The molecule has 1 amide bonds. The van der Waals surface area contributed by atoms with Crippen LogP contribution in [0.3, 0.4) is 0 Å². The fraction of sp³-hybridized carbons (Fsp3) is 0.0625. The number of esters is 1. The minimum absolute atomic E-state index is 0.0845. The number of hydrogen-bond acceptors (Lipinski definition) is 4. The zero-order valence-electron chi connectivity index (χ0n) is 12.4. The third kappa shape index (κ3) is 4.67. The smallest absolute Gasteiger partial charge is 0.337 e. The molecule has 0 saturated carbocycles. The summed E-state index contributed by atoms with van der Waals surface area (Å²) in [6.07, 6.45) is 0. The molecule has 2 aromatic carbocycles. The van der Waals surface area contributed by atoms with Gasteiger partial charge in [0.1, 0.15) is 0 Å². The van der Waals surface area contributed by atoms with Crippen LogP contribution in [0.4, 0.5) is 5.69 Å². The van der Waals surface area contributed by atoms with Crippen molar-refractivity contribution in [1.82, 2.24) is 5.32 Å². The number of ether oxygens (including phenoxy) is 1. The third-order valence-electron chi connectivity index (χ3n) is 2.97. The minimum Gasteiger partial charge on any atom is -0.465 e. The van der Waals surface area contributed by atoms with Gasteiger partial charge in [-0.05, 0) is 54.7 Å². The van der Waals surface area contributed by atoms with Crippen LogP contribution in [0, 0.1) is 0 Å². The van der Waals surface area contributed by atoms with Crippen LogP contribution in [-0.4, -0.2) is 24.1 Å². The van der Waals surface area contributed by atoms with E-state index in [-0.39, 0.29) is 5.11 Å². The van der Waals surface area contributed by atoms with Gasteiger partial charge in [0.05, 0.1) is 23.4 Å². The summed E-state index contributed by atoms with van der Waals surface area (Å²) < 4.78 is 4.59. The van der Waals surface area contributed by atoms with E-state index in [1.807, 2.05) is 0 Å². The van der Waals surface area contributed by atoms with Crippen molar-refractivity contribution in [2.75, 3.05) is 12.4 Å². The van der Waals surface area contributed by atoms with E-state index in [1.165, 1.54) is 31.4 Å². The Kier molecular flexibility index (Phi) is 6.14. The maximum atomic E-state index is 12.1. The van der Waals surface area contributed by atoms with Crippen LogP contribution in [0.2, 0.25) is 10.0 Å². The monoisotopic (exact) mass is 382 g/mol. The van der Waals surface area contributed by atoms with Gasteiger partial charge in [0.2, 0.25) is 0 Å². The number of benzene rings is 2. The first-order chi connectivity index (χ1) is 11.4. The molecule has 0 spiro atoms. The number of thiocarbonyl (C=S) groups is 1. The number of carbonyl (C=O) groups excluding carboxylic acids is 2. The molecular formula is C16H12Cl2N2O3S. The zero-order chi connectivity index (χ0) is 17.7. The average Bonchev–Trinajstić information content (AvgIpc) is 2.56. The predicted molar refractivity (Wildman–Crippen MR) is 97.9 cm³/mol. The van der Waals surface area contributed by atoms with Crippen LogP contribution >= 0.6 is 35.4 Å². The predicted octanol–water partition coefficient (Wildman–Crippen LogP) is 3.91. The van der Waals surface area contributed by atoms with Crippen molar-refractivity contribution in [2.45, 2.75) is 0 Å². The quantitative estimate of drug-likeness (QED) is 0.622. The molecule has 0 saturated heterocycles. The lowest BCUT2D eigenvalue weighted by atomic mass is 10.1. The van der Waals surface area contributed by atoms with E-state index in [1.54, 1.807) is 18.2 Å². The fourth-order valence-electron chi connectivity index (χ4n) is 1.80. The highest BCUT2D eigenvalue weighted by Gasteiger charge is 2.11. The van der Waals surface area contributed by atoms with E-state index in [2.05, 4.69) is 15.4 Å². The van der Waals surface area contributed by atoms with Gasteiger partial charge >= 0.3 is 5.97 Å². The Labute approximate surface area is 153 Å². The van der Waals surface area contributed by atoms with E-state index in [9.17, 15) is 9.59 Å². The van der Waals surface area contributed by atoms with Gasteiger partial charge in [-0.15, -0.1) is 0 Å². The Bertz CT molecular complexity index is 794. The number of methoxy groups -OCH3 is 1. The van der Waals surface area contributed by atoms with Crippen molar-refractivity contribution in [1.29, 1.82) is 0 Å². The molecule has 2 rings (SSSR count). The van der Waals surface area contributed by atoms with Gasteiger partial charge in [-0.2, -0.15) is 0 Å². The average molecular weight is 383 g/mol. The molecule has 0 aliphatic rings. The Balaban J connectivity index is 2.01. The van der Waals surface area contributed by atoms with Gasteiger partial charge in [-0.1, -0.05) is 23.2 Å². The summed E-state index contributed by atoms with van der Waals surface area (Å²) in [5.41, 5.74) is 1.21. The second-order valence-electron chi connectivity index (χ2n) is 4.60. The second kappa shape index (κ2) is 8.10. The van der Waals surface area contributed by atoms with E-state index in [0.29, 0.717) is 26.9 Å². The molecule has 124 valence electrons. The highest BCUT2D eigenvalue weighted by Crippen LogP contribution is 2.25. The van der Waals surface area contributed by atoms with Gasteiger partial charge in [0, 0.05) is 10.6 Å². The summed E-state index contributed by atoms with van der Waals surface area (Å²) in [4.78, 5) is 23.5. The molecule has 0 aliphatic carbocycles. The van der Waals surface area contributed by atoms with Crippen molar-refractivity contribution in [3.05, 3.63) is 63.6 Å². The molecular weight excluding hydrogens is 371 g/mol. The second-order valence-corrected chi connectivity index (χ2v) is 5.85. The Morgan fingerprint density at radius 3 is 2.25 bits per heavy atom. The van der Waals surface area contributed by atoms with Crippen LogP contribution in [0.1, 0.15) is 20.7 Å². The maximum absolute atomic E-state index is 12.1. The van der Waals surface area contributed by atoms with E-state index in [0.717, 1.165) is 0 Å². The molecule has 0 bridgehead atoms. The summed E-state index contributed by atoms with van der Waals surface area (Å²) in [7, 11) is 1.29. The highest BCUT2D eigenvalue weighted by atomic mass is 35.5. The van der Waals surface area contributed by atoms with Crippen LogP contribution in [0.15, 0.2) is 42.5 Å². The molecule has 2 aromatic rings. The number of amides is 1. The van der Waals surface area contributed by atoms with Gasteiger partial charge < -0.3 is 10.1 Å². The SMILES string of the molecule is COC(=O)c1ccc(C(=O)NC(=S)Nc2ccc(Cl)cc2Cl)cc1. The number of carbonyl (C=O) groups is 2. The zero-order valence-corrected chi connectivity index (χ0v) is 14.8. The summed E-state index contributed by atoms with van der Waals surface area (Å²) >= 11 is 16.9. The molecule has 0 fully saturated rings. The molecule has 0 aromatic heterocycles. The van der Waals surface area contributed by atoms with Crippen LogP contribution in [0.5, 0.6) is 0 Å². The van der Waals surface area contributed by atoms with E-state index < -0.39 is 11.9 Å². The summed E-state index contributed by atoms with van der Waals surface area (Å²) in [5, 5.41) is 6.29. The lowest BCUT2D eigenvalue weighted by molar-refractivity contribution is 0.0600.